The van der Waals surface area contributed by atoms with Crippen LogP contribution >= 0.6 is 0 Å². The Labute approximate surface area is 147 Å². The second-order valence-corrected chi connectivity index (χ2v) is 7.51. The van der Waals surface area contributed by atoms with Crippen molar-refractivity contribution < 1.29 is 4.74 Å². The second kappa shape index (κ2) is 7.85. The lowest BCUT2D eigenvalue weighted by Gasteiger charge is -2.24. The van der Waals surface area contributed by atoms with Gasteiger partial charge in [0.1, 0.15) is 5.75 Å². The zero-order valence-electron chi connectivity index (χ0n) is 15.7. The van der Waals surface area contributed by atoms with Crippen LogP contribution < -0.4 is 10.5 Å². The SMILES string of the molecule is CCc1ccc(CC(CN)c2cc(C(C)(C)C)ccc2OC)cc1. The van der Waals surface area contributed by atoms with Crippen molar-refractivity contribution in [3.63, 3.8) is 0 Å². The van der Waals surface area contributed by atoms with E-state index >= 15 is 0 Å². The van der Waals surface area contributed by atoms with Crippen molar-refractivity contribution in [2.75, 3.05) is 13.7 Å². The molecule has 0 heterocycles. The van der Waals surface area contributed by atoms with Crippen LogP contribution in [0.4, 0.5) is 0 Å². The van der Waals surface area contributed by atoms with Gasteiger partial charge in [-0.3, -0.25) is 0 Å². The first-order valence-electron chi connectivity index (χ1n) is 8.85. The van der Waals surface area contributed by atoms with E-state index in [0.717, 1.165) is 18.6 Å². The molecule has 2 aromatic carbocycles. The molecule has 2 rings (SSSR count). The van der Waals surface area contributed by atoms with Crippen LogP contribution in [0.1, 0.15) is 55.9 Å². The van der Waals surface area contributed by atoms with Gasteiger partial charge in [-0.05, 0) is 53.1 Å². The summed E-state index contributed by atoms with van der Waals surface area (Å²) in [4.78, 5) is 0. The number of rotatable bonds is 6. The Morgan fingerprint density at radius 3 is 2.12 bits per heavy atom. The van der Waals surface area contributed by atoms with Crippen LogP contribution in [-0.2, 0) is 18.3 Å². The van der Waals surface area contributed by atoms with Crippen LogP contribution in [0.5, 0.6) is 5.75 Å². The molecule has 0 saturated heterocycles. The van der Waals surface area contributed by atoms with Crippen LogP contribution in [-0.4, -0.2) is 13.7 Å². The molecule has 0 bridgehead atoms. The average molecular weight is 325 g/mol. The minimum Gasteiger partial charge on any atom is -0.496 e. The third-order valence-electron chi connectivity index (χ3n) is 4.73. The Balaban J connectivity index is 2.34. The summed E-state index contributed by atoms with van der Waals surface area (Å²) in [5.41, 5.74) is 11.5. The molecule has 130 valence electrons. The Morgan fingerprint density at radius 2 is 1.62 bits per heavy atom. The maximum absolute atomic E-state index is 6.14. The first-order chi connectivity index (χ1) is 11.4. The first-order valence-corrected chi connectivity index (χ1v) is 8.85. The summed E-state index contributed by atoms with van der Waals surface area (Å²) in [6.07, 6.45) is 2.01. The Morgan fingerprint density at radius 1 is 1.00 bits per heavy atom. The molecule has 0 fully saturated rings. The van der Waals surface area contributed by atoms with Crippen LogP contribution in [0.3, 0.4) is 0 Å². The van der Waals surface area contributed by atoms with Crippen molar-refractivity contribution in [3.05, 3.63) is 64.7 Å². The molecule has 0 aliphatic carbocycles. The fourth-order valence-electron chi connectivity index (χ4n) is 3.04. The predicted octanol–water partition coefficient (Wildman–Crippen LogP) is 4.84. The van der Waals surface area contributed by atoms with E-state index in [1.54, 1.807) is 7.11 Å². The Bertz CT molecular complexity index is 653. The van der Waals surface area contributed by atoms with E-state index in [-0.39, 0.29) is 11.3 Å². The minimum atomic E-state index is 0.114. The van der Waals surface area contributed by atoms with E-state index in [4.69, 9.17) is 10.5 Å². The van der Waals surface area contributed by atoms with Gasteiger partial charge in [-0.15, -0.1) is 0 Å². The highest BCUT2D eigenvalue weighted by atomic mass is 16.5. The van der Waals surface area contributed by atoms with E-state index in [0.29, 0.717) is 6.54 Å². The standard InChI is InChI=1S/C22H31NO/c1-6-16-7-9-17(10-8-16)13-18(15-23)20-14-19(22(2,3)4)11-12-21(20)24-5/h7-12,14,18H,6,13,15,23H2,1-5H3. The van der Waals surface area contributed by atoms with Gasteiger partial charge in [0, 0.05) is 5.92 Å². The van der Waals surface area contributed by atoms with E-state index in [1.165, 1.54) is 22.3 Å². The summed E-state index contributed by atoms with van der Waals surface area (Å²) in [6, 6.07) is 15.4. The molecule has 0 spiro atoms. The molecule has 2 heteroatoms. The highest BCUT2D eigenvalue weighted by Gasteiger charge is 2.20. The van der Waals surface area contributed by atoms with Gasteiger partial charge in [0.15, 0.2) is 0 Å². The number of hydrogen-bond acceptors (Lipinski definition) is 2. The van der Waals surface area contributed by atoms with Crippen LogP contribution in [0.2, 0.25) is 0 Å². The number of nitrogens with two attached hydrogens (primary N) is 1. The molecule has 0 aliphatic rings. The smallest absolute Gasteiger partial charge is 0.122 e. The molecular weight excluding hydrogens is 294 g/mol. The zero-order chi connectivity index (χ0) is 17.7. The van der Waals surface area contributed by atoms with Crippen molar-refractivity contribution in [2.24, 2.45) is 5.73 Å². The zero-order valence-corrected chi connectivity index (χ0v) is 15.7. The Hall–Kier alpha value is -1.80. The van der Waals surface area contributed by atoms with E-state index in [9.17, 15) is 0 Å². The third kappa shape index (κ3) is 4.39. The fraction of sp³-hybridized carbons (Fsp3) is 0.455. The van der Waals surface area contributed by atoms with E-state index < -0.39 is 0 Å². The molecule has 1 atom stereocenters. The summed E-state index contributed by atoms with van der Waals surface area (Å²) in [7, 11) is 1.74. The summed E-state index contributed by atoms with van der Waals surface area (Å²) in [5.74, 6) is 1.19. The molecule has 24 heavy (non-hydrogen) atoms. The van der Waals surface area contributed by atoms with Gasteiger partial charge < -0.3 is 10.5 Å². The molecule has 1 unspecified atom stereocenters. The van der Waals surface area contributed by atoms with Gasteiger partial charge in [-0.1, -0.05) is 64.1 Å². The molecule has 0 aliphatic heterocycles. The minimum absolute atomic E-state index is 0.114. The average Bonchev–Trinajstić information content (AvgIpc) is 2.58. The van der Waals surface area contributed by atoms with Gasteiger partial charge in [0.2, 0.25) is 0 Å². The molecule has 2 aromatic rings. The predicted molar refractivity (Wildman–Crippen MR) is 103 cm³/mol. The maximum Gasteiger partial charge on any atom is 0.122 e. The largest absolute Gasteiger partial charge is 0.496 e. The number of ether oxygens (including phenoxy) is 1. The molecule has 2 N–H and O–H groups in total. The van der Waals surface area contributed by atoms with E-state index in [1.807, 2.05) is 0 Å². The van der Waals surface area contributed by atoms with Crippen molar-refractivity contribution in [2.45, 2.75) is 51.9 Å². The van der Waals surface area contributed by atoms with Crippen molar-refractivity contribution >= 4 is 0 Å². The third-order valence-corrected chi connectivity index (χ3v) is 4.73. The molecule has 0 amide bonds. The van der Waals surface area contributed by atoms with Crippen molar-refractivity contribution in [1.29, 1.82) is 0 Å². The van der Waals surface area contributed by atoms with Crippen LogP contribution in [0, 0.1) is 0 Å². The van der Waals surface area contributed by atoms with E-state index in [2.05, 4.69) is 70.2 Å². The number of hydrogen-bond donors (Lipinski definition) is 1. The number of benzene rings is 2. The summed E-state index contributed by atoms with van der Waals surface area (Å²) in [5, 5.41) is 0. The topological polar surface area (TPSA) is 35.2 Å². The van der Waals surface area contributed by atoms with Gasteiger partial charge in [0.25, 0.3) is 0 Å². The fourth-order valence-corrected chi connectivity index (χ4v) is 3.04. The first kappa shape index (κ1) is 18.5. The highest BCUT2D eigenvalue weighted by Crippen LogP contribution is 2.33. The van der Waals surface area contributed by atoms with Crippen LogP contribution in [0.25, 0.3) is 0 Å². The van der Waals surface area contributed by atoms with Crippen molar-refractivity contribution in [3.8, 4) is 5.75 Å². The molecule has 0 radical (unpaired) electrons. The maximum atomic E-state index is 6.14. The normalized spacial score (nSPS) is 12.9. The van der Waals surface area contributed by atoms with Gasteiger partial charge in [-0.25, -0.2) is 0 Å². The van der Waals surface area contributed by atoms with Gasteiger partial charge in [0.05, 0.1) is 7.11 Å². The van der Waals surface area contributed by atoms with Gasteiger partial charge in [-0.2, -0.15) is 0 Å². The highest BCUT2D eigenvalue weighted by molar-refractivity contribution is 5.43. The lowest BCUT2D eigenvalue weighted by molar-refractivity contribution is 0.404. The Kier molecular flexibility index (Phi) is 6.06. The molecule has 2 nitrogen and oxygen atoms in total. The lowest BCUT2D eigenvalue weighted by Crippen LogP contribution is -2.18. The van der Waals surface area contributed by atoms with Gasteiger partial charge >= 0.3 is 0 Å². The summed E-state index contributed by atoms with van der Waals surface area (Å²) >= 11 is 0. The van der Waals surface area contributed by atoms with Crippen molar-refractivity contribution in [1.82, 2.24) is 0 Å². The second-order valence-electron chi connectivity index (χ2n) is 7.51. The monoisotopic (exact) mass is 325 g/mol. The molecule has 0 saturated carbocycles. The molecule has 0 aromatic heterocycles. The lowest BCUT2D eigenvalue weighted by atomic mass is 9.83. The summed E-state index contributed by atoms with van der Waals surface area (Å²) in [6.45, 7) is 9.50. The van der Waals surface area contributed by atoms with Crippen LogP contribution in [0.15, 0.2) is 42.5 Å². The number of methoxy groups -OCH3 is 1. The summed E-state index contributed by atoms with van der Waals surface area (Å²) < 4.78 is 5.61. The number of aryl methyl sites for hydroxylation is 1. The molecular formula is C22H31NO. The quantitative estimate of drug-likeness (QED) is 0.825.